The van der Waals surface area contributed by atoms with Crippen LogP contribution < -0.4 is 10.9 Å². The highest BCUT2D eigenvalue weighted by molar-refractivity contribution is 5.77. The van der Waals surface area contributed by atoms with Gasteiger partial charge in [0.15, 0.2) is 0 Å². The first-order chi connectivity index (χ1) is 8.74. The molecule has 4 heteroatoms. The summed E-state index contributed by atoms with van der Waals surface area (Å²) >= 11 is 0. The molecule has 0 amide bonds. The molecule has 18 heavy (non-hydrogen) atoms. The van der Waals surface area contributed by atoms with Gasteiger partial charge < -0.3 is 10.3 Å². The molecule has 4 nitrogen and oxygen atoms in total. The van der Waals surface area contributed by atoms with Crippen LogP contribution in [0, 0.1) is 5.92 Å². The summed E-state index contributed by atoms with van der Waals surface area (Å²) in [6.45, 7) is 2.81. The lowest BCUT2D eigenvalue weighted by molar-refractivity contribution is 0.487. The van der Waals surface area contributed by atoms with Gasteiger partial charge in [0.25, 0.3) is 5.56 Å². The summed E-state index contributed by atoms with van der Waals surface area (Å²) in [7, 11) is 0. The zero-order valence-electron chi connectivity index (χ0n) is 10.4. The van der Waals surface area contributed by atoms with E-state index in [1.807, 2.05) is 18.2 Å². The quantitative estimate of drug-likeness (QED) is 0.861. The molecule has 1 saturated carbocycles. The predicted octanol–water partition coefficient (Wildman–Crippen LogP) is 1.81. The second-order valence-corrected chi connectivity index (χ2v) is 5.04. The number of nitrogens with one attached hydrogen (secondary N) is 2. The first-order valence-electron chi connectivity index (χ1n) is 6.45. The van der Waals surface area contributed by atoms with Gasteiger partial charge in [0.2, 0.25) is 0 Å². The minimum absolute atomic E-state index is 0.0588. The Labute approximate surface area is 105 Å². The van der Waals surface area contributed by atoms with Crippen LogP contribution in [0.15, 0.2) is 29.1 Å². The van der Waals surface area contributed by atoms with E-state index in [4.69, 9.17) is 0 Å². The van der Waals surface area contributed by atoms with Crippen LogP contribution in [0.1, 0.15) is 25.6 Å². The number of aromatic amines is 1. The molecule has 1 aromatic carbocycles. The van der Waals surface area contributed by atoms with Crippen molar-refractivity contribution in [3.63, 3.8) is 0 Å². The molecular weight excluding hydrogens is 226 g/mol. The van der Waals surface area contributed by atoms with Crippen LogP contribution >= 0.6 is 0 Å². The van der Waals surface area contributed by atoms with Crippen LogP contribution in [0.4, 0.5) is 0 Å². The smallest absolute Gasteiger partial charge is 0.258 e. The topological polar surface area (TPSA) is 57.8 Å². The Morgan fingerprint density at radius 2 is 2.22 bits per heavy atom. The van der Waals surface area contributed by atoms with Crippen molar-refractivity contribution in [2.45, 2.75) is 32.4 Å². The number of para-hydroxylation sites is 1. The summed E-state index contributed by atoms with van der Waals surface area (Å²) < 4.78 is 0. The third kappa shape index (κ3) is 2.29. The third-order valence-electron chi connectivity index (χ3n) is 3.58. The van der Waals surface area contributed by atoms with Gasteiger partial charge in [-0.25, -0.2) is 4.98 Å². The maximum Gasteiger partial charge on any atom is 0.258 e. The maximum atomic E-state index is 11.9. The SMILES string of the molecule is CC(NCc1nc2ccccc2c(=O)[nH]1)C1CC1. The van der Waals surface area contributed by atoms with Crippen LogP contribution in [-0.4, -0.2) is 16.0 Å². The molecule has 1 heterocycles. The van der Waals surface area contributed by atoms with Gasteiger partial charge in [-0.3, -0.25) is 4.79 Å². The average Bonchev–Trinajstić information content (AvgIpc) is 3.20. The highest BCUT2D eigenvalue weighted by atomic mass is 16.1. The van der Waals surface area contributed by atoms with Gasteiger partial charge in [-0.1, -0.05) is 12.1 Å². The summed E-state index contributed by atoms with van der Waals surface area (Å²) in [6, 6.07) is 7.93. The molecule has 2 N–H and O–H groups in total. The molecule has 0 spiro atoms. The minimum Gasteiger partial charge on any atom is -0.309 e. The molecule has 1 aromatic heterocycles. The summed E-state index contributed by atoms with van der Waals surface area (Å²) in [5.41, 5.74) is 0.702. The molecule has 0 saturated heterocycles. The average molecular weight is 243 g/mol. The Morgan fingerprint density at radius 1 is 1.44 bits per heavy atom. The van der Waals surface area contributed by atoms with Crippen LogP contribution in [0.25, 0.3) is 10.9 Å². The molecule has 0 bridgehead atoms. The Bertz CT molecular complexity index is 616. The number of H-pyrrole nitrogens is 1. The van der Waals surface area contributed by atoms with Crippen molar-refractivity contribution in [2.24, 2.45) is 5.92 Å². The van der Waals surface area contributed by atoms with Crippen molar-refractivity contribution in [1.29, 1.82) is 0 Å². The summed E-state index contributed by atoms with van der Waals surface area (Å²) in [5.74, 6) is 1.52. The predicted molar refractivity (Wildman–Crippen MR) is 71.4 cm³/mol. The second-order valence-electron chi connectivity index (χ2n) is 5.04. The maximum absolute atomic E-state index is 11.9. The Balaban J connectivity index is 1.81. The molecule has 0 radical (unpaired) electrons. The number of hydrogen-bond donors (Lipinski definition) is 2. The van der Waals surface area contributed by atoms with Crippen molar-refractivity contribution in [2.75, 3.05) is 0 Å². The van der Waals surface area contributed by atoms with Crippen LogP contribution in [0.5, 0.6) is 0 Å². The van der Waals surface area contributed by atoms with Gasteiger partial charge in [-0.05, 0) is 37.8 Å². The van der Waals surface area contributed by atoms with Crippen LogP contribution in [0.3, 0.4) is 0 Å². The first kappa shape index (κ1) is 11.4. The van der Waals surface area contributed by atoms with E-state index in [1.165, 1.54) is 12.8 Å². The van der Waals surface area contributed by atoms with Crippen molar-refractivity contribution < 1.29 is 0 Å². The highest BCUT2D eigenvalue weighted by Gasteiger charge is 2.27. The molecule has 2 aromatic rings. The van der Waals surface area contributed by atoms with E-state index in [0.29, 0.717) is 23.8 Å². The lowest BCUT2D eigenvalue weighted by atomic mass is 10.2. The van der Waals surface area contributed by atoms with Gasteiger partial charge in [0.05, 0.1) is 17.4 Å². The number of hydrogen-bond acceptors (Lipinski definition) is 3. The van der Waals surface area contributed by atoms with E-state index in [1.54, 1.807) is 6.07 Å². The molecule has 1 aliphatic carbocycles. The third-order valence-corrected chi connectivity index (χ3v) is 3.58. The van der Waals surface area contributed by atoms with Gasteiger partial charge in [-0.2, -0.15) is 0 Å². The van der Waals surface area contributed by atoms with Gasteiger partial charge in [-0.15, -0.1) is 0 Å². The first-order valence-corrected chi connectivity index (χ1v) is 6.45. The number of rotatable bonds is 4. The van der Waals surface area contributed by atoms with Crippen LogP contribution in [0.2, 0.25) is 0 Å². The summed E-state index contributed by atoms with van der Waals surface area (Å²) in [6.07, 6.45) is 2.63. The van der Waals surface area contributed by atoms with Crippen molar-refractivity contribution in [1.82, 2.24) is 15.3 Å². The Morgan fingerprint density at radius 3 is 3.00 bits per heavy atom. The molecule has 1 unspecified atom stereocenters. The molecular formula is C14H17N3O. The van der Waals surface area contributed by atoms with Gasteiger partial charge >= 0.3 is 0 Å². The van der Waals surface area contributed by atoms with Crippen LogP contribution in [-0.2, 0) is 6.54 Å². The van der Waals surface area contributed by atoms with E-state index in [-0.39, 0.29) is 5.56 Å². The monoisotopic (exact) mass is 243 g/mol. The zero-order chi connectivity index (χ0) is 12.5. The Kier molecular flexibility index (Phi) is 2.88. The highest BCUT2D eigenvalue weighted by Crippen LogP contribution is 2.32. The van der Waals surface area contributed by atoms with E-state index in [9.17, 15) is 4.79 Å². The van der Waals surface area contributed by atoms with Crippen molar-refractivity contribution in [3.05, 3.63) is 40.4 Å². The van der Waals surface area contributed by atoms with Crippen molar-refractivity contribution >= 4 is 10.9 Å². The number of benzene rings is 1. The van der Waals surface area contributed by atoms with E-state index in [0.717, 1.165) is 11.4 Å². The van der Waals surface area contributed by atoms with Gasteiger partial charge in [0.1, 0.15) is 5.82 Å². The largest absolute Gasteiger partial charge is 0.309 e. The fourth-order valence-electron chi connectivity index (χ4n) is 2.24. The fourth-order valence-corrected chi connectivity index (χ4v) is 2.24. The summed E-state index contributed by atoms with van der Waals surface area (Å²) in [4.78, 5) is 19.2. The summed E-state index contributed by atoms with van der Waals surface area (Å²) in [5, 5.41) is 4.07. The second kappa shape index (κ2) is 4.53. The molecule has 1 atom stereocenters. The molecule has 1 fully saturated rings. The standard InChI is InChI=1S/C14H17N3O/c1-9(10-6-7-10)15-8-13-16-12-5-3-2-4-11(12)14(18)17-13/h2-5,9-10,15H,6-8H2,1H3,(H,16,17,18). The van der Waals surface area contributed by atoms with E-state index in [2.05, 4.69) is 22.2 Å². The van der Waals surface area contributed by atoms with Crippen molar-refractivity contribution in [3.8, 4) is 0 Å². The van der Waals surface area contributed by atoms with Gasteiger partial charge in [0, 0.05) is 6.04 Å². The lowest BCUT2D eigenvalue weighted by Gasteiger charge is -2.12. The fraction of sp³-hybridized carbons (Fsp3) is 0.429. The molecule has 3 rings (SSSR count). The number of aromatic nitrogens is 2. The minimum atomic E-state index is -0.0588. The van der Waals surface area contributed by atoms with E-state index >= 15 is 0 Å². The lowest BCUT2D eigenvalue weighted by Crippen LogP contribution is -2.29. The number of fused-ring (bicyclic) bond motifs is 1. The molecule has 94 valence electrons. The molecule has 0 aliphatic heterocycles. The Hall–Kier alpha value is -1.68. The normalized spacial score (nSPS) is 16.9. The van der Waals surface area contributed by atoms with E-state index < -0.39 is 0 Å². The number of nitrogens with zero attached hydrogens (tertiary/aromatic N) is 1. The zero-order valence-corrected chi connectivity index (χ0v) is 10.4. The molecule has 1 aliphatic rings.